The lowest BCUT2D eigenvalue weighted by atomic mass is 10.2. The zero-order valence-corrected chi connectivity index (χ0v) is 15.9. The van der Waals surface area contributed by atoms with Gasteiger partial charge in [0.1, 0.15) is 16.9 Å². The van der Waals surface area contributed by atoms with E-state index in [4.69, 9.17) is 10.00 Å². The fourth-order valence-electron chi connectivity index (χ4n) is 2.57. The molecule has 1 N–H and O–H groups in total. The van der Waals surface area contributed by atoms with Crippen LogP contribution in [0.2, 0.25) is 0 Å². The van der Waals surface area contributed by atoms with E-state index < -0.39 is 5.91 Å². The molecule has 3 aromatic heterocycles. The Bertz CT molecular complexity index is 1240. The summed E-state index contributed by atoms with van der Waals surface area (Å²) >= 11 is 2.92. The maximum atomic E-state index is 12.8. The number of fused-ring (bicyclic) bond motifs is 1. The summed E-state index contributed by atoms with van der Waals surface area (Å²) in [5.41, 5.74) is 3.46. The van der Waals surface area contributed by atoms with Crippen LogP contribution in [0.1, 0.15) is 5.56 Å². The first-order chi connectivity index (χ1) is 13.7. The smallest absolute Gasteiger partial charge is 0.281 e. The monoisotopic (exact) mass is 408 g/mol. The van der Waals surface area contributed by atoms with Crippen molar-refractivity contribution in [1.82, 2.24) is 9.66 Å². The van der Waals surface area contributed by atoms with Crippen molar-refractivity contribution >= 4 is 38.8 Å². The number of carbonyl (C=O) groups excluding carboxylic acids is 1. The lowest BCUT2D eigenvalue weighted by molar-refractivity contribution is -0.119. The number of rotatable bonds is 5. The highest BCUT2D eigenvalue weighted by Crippen LogP contribution is 2.33. The number of ether oxygens (including phenoxy) is 1. The Balaban J connectivity index is 1.52. The number of hydrogen-bond donors (Lipinski definition) is 1. The molecule has 9 heteroatoms. The van der Waals surface area contributed by atoms with Crippen LogP contribution in [0.4, 0.5) is 0 Å². The summed E-state index contributed by atoms with van der Waals surface area (Å²) in [6.07, 6.45) is 1.29. The summed E-state index contributed by atoms with van der Waals surface area (Å²) < 4.78 is 6.45. The zero-order chi connectivity index (χ0) is 19.5. The summed E-state index contributed by atoms with van der Waals surface area (Å²) in [6.45, 7) is -0.280. The van der Waals surface area contributed by atoms with Crippen LogP contribution >= 0.6 is 22.7 Å². The Kier molecular flexibility index (Phi) is 4.89. The average Bonchev–Trinajstić information content (AvgIpc) is 3.38. The Labute approximate surface area is 167 Å². The third kappa shape index (κ3) is 3.51. The van der Waals surface area contributed by atoms with Gasteiger partial charge in [0.25, 0.3) is 11.5 Å². The topological polar surface area (TPSA) is 97.0 Å². The summed E-state index contributed by atoms with van der Waals surface area (Å²) in [5.74, 6) is -0.0478. The molecule has 28 heavy (non-hydrogen) atoms. The van der Waals surface area contributed by atoms with Gasteiger partial charge < -0.3 is 4.74 Å². The van der Waals surface area contributed by atoms with Crippen molar-refractivity contribution < 1.29 is 9.53 Å². The van der Waals surface area contributed by atoms with Gasteiger partial charge in [-0.3, -0.25) is 15.0 Å². The molecule has 138 valence electrons. The predicted molar refractivity (Wildman–Crippen MR) is 108 cm³/mol. The molecule has 0 aliphatic rings. The minimum atomic E-state index is -0.500. The summed E-state index contributed by atoms with van der Waals surface area (Å²) in [6, 6.07) is 12.3. The molecule has 1 aromatic carbocycles. The zero-order valence-electron chi connectivity index (χ0n) is 14.3. The quantitative estimate of drug-likeness (QED) is 0.547. The van der Waals surface area contributed by atoms with Crippen molar-refractivity contribution in [3.8, 4) is 22.3 Å². The normalized spacial score (nSPS) is 10.5. The average molecular weight is 408 g/mol. The minimum absolute atomic E-state index is 0.280. The number of nitriles is 1. The Hall–Kier alpha value is -3.48. The van der Waals surface area contributed by atoms with E-state index in [2.05, 4.69) is 10.4 Å². The van der Waals surface area contributed by atoms with Gasteiger partial charge in [0, 0.05) is 15.8 Å². The number of nitrogens with one attached hydrogen (secondary N) is 1. The van der Waals surface area contributed by atoms with Gasteiger partial charge in [0.05, 0.1) is 17.0 Å². The van der Waals surface area contributed by atoms with E-state index in [1.807, 2.05) is 29.0 Å². The van der Waals surface area contributed by atoms with Gasteiger partial charge in [-0.15, -0.1) is 22.7 Å². The van der Waals surface area contributed by atoms with Crippen molar-refractivity contribution in [1.29, 1.82) is 5.26 Å². The molecule has 0 radical (unpaired) electrons. The predicted octanol–water partition coefficient (Wildman–Crippen LogP) is 3.21. The van der Waals surface area contributed by atoms with Crippen LogP contribution in [-0.2, 0) is 4.79 Å². The van der Waals surface area contributed by atoms with Crippen molar-refractivity contribution in [2.75, 3.05) is 12.0 Å². The third-order valence-corrected chi connectivity index (χ3v) is 5.67. The van der Waals surface area contributed by atoms with Gasteiger partial charge in [0.15, 0.2) is 6.61 Å². The molecule has 4 aromatic rings. The second-order valence-electron chi connectivity index (χ2n) is 5.69. The molecule has 0 bridgehead atoms. The summed E-state index contributed by atoms with van der Waals surface area (Å²) in [4.78, 5) is 30.9. The molecule has 0 saturated carbocycles. The van der Waals surface area contributed by atoms with E-state index in [0.29, 0.717) is 21.5 Å². The van der Waals surface area contributed by atoms with Crippen LogP contribution in [0.5, 0.6) is 5.75 Å². The first kappa shape index (κ1) is 17.9. The van der Waals surface area contributed by atoms with Crippen LogP contribution in [0.15, 0.2) is 58.3 Å². The van der Waals surface area contributed by atoms with E-state index in [1.54, 1.807) is 24.3 Å². The van der Waals surface area contributed by atoms with E-state index in [1.165, 1.54) is 29.0 Å². The highest BCUT2D eigenvalue weighted by molar-refractivity contribution is 7.18. The molecule has 7 nitrogen and oxygen atoms in total. The second kappa shape index (κ2) is 7.64. The van der Waals surface area contributed by atoms with Crippen LogP contribution in [0, 0.1) is 11.3 Å². The van der Waals surface area contributed by atoms with E-state index in [9.17, 15) is 9.59 Å². The van der Waals surface area contributed by atoms with Crippen LogP contribution < -0.4 is 15.7 Å². The fourth-order valence-corrected chi connectivity index (χ4v) is 4.29. The number of hydrogen-bond acceptors (Lipinski definition) is 7. The Morgan fingerprint density at radius 3 is 2.79 bits per heavy atom. The molecule has 1 amide bonds. The molecule has 0 atom stereocenters. The SMILES string of the molecule is N#Cc1ccc(OCC(=O)Nn2cnc3scc(-c4cccs4)c3c2=O)cc1. The van der Waals surface area contributed by atoms with Crippen molar-refractivity contribution in [3.63, 3.8) is 0 Å². The molecule has 0 aliphatic carbocycles. The van der Waals surface area contributed by atoms with Crippen molar-refractivity contribution in [2.45, 2.75) is 0 Å². The van der Waals surface area contributed by atoms with E-state index in [0.717, 1.165) is 15.1 Å². The number of nitrogens with zero attached hydrogens (tertiary/aromatic N) is 3. The first-order valence-electron chi connectivity index (χ1n) is 8.11. The highest BCUT2D eigenvalue weighted by atomic mass is 32.1. The maximum Gasteiger partial charge on any atom is 0.281 e. The minimum Gasteiger partial charge on any atom is -0.484 e. The van der Waals surface area contributed by atoms with Crippen LogP contribution in [0.3, 0.4) is 0 Å². The summed E-state index contributed by atoms with van der Waals surface area (Å²) in [5, 5.41) is 13.1. The second-order valence-corrected chi connectivity index (χ2v) is 7.49. The Morgan fingerprint density at radius 2 is 2.07 bits per heavy atom. The van der Waals surface area contributed by atoms with Crippen LogP contribution in [0.25, 0.3) is 20.7 Å². The summed E-state index contributed by atoms with van der Waals surface area (Å²) in [7, 11) is 0. The molecular formula is C19H12N4O3S2. The van der Waals surface area contributed by atoms with Gasteiger partial charge in [-0.1, -0.05) is 6.07 Å². The van der Waals surface area contributed by atoms with Gasteiger partial charge >= 0.3 is 0 Å². The van der Waals surface area contributed by atoms with Crippen molar-refractivity contribution in [2.24, 2.45) is 0 Å². The van der Waals surface area contributed by atoms with Gasteiger partial charge in [-0.05, 0) is 35.7 Å². The Morgan fingerprint density at radius 1 is 1.25 bits per heavy atom. The standard InChI is InChI=1S/C19H12N4O3S2/c20-8-12-3-5-13(6-4-12)26-9-16(24)22-23-11-21-18-17(19(23)25)14(10-28-18)15-2-1-7-27-15/h1-7,10-11H,9H2,(H,22,24). The van der Waals surface area contributed by atoms with Gasteiger partial charge in [-0.25, -0.2) is 9.66 Å². The molecule has 0 unspecified atom stereocenters. The fraction of sp³-hybridized carbons (Fsp3) is 0.0526. The number of aromatic nitrogens is 2. The third-order valence-electron chi connectivity index (χ3n) is 3.88. The number of amides is 1. The lowest BCUT2D eigenvalue weighted by Gasteiger charge is -2.09. The van der Waals surface area contributed by atoms with E-state index in [-0.39, 0.29) is 12.2 Å². The highest BCUT2D eigenvalue weighted by Gasteiger charge is 2.15. The van der Waals surface area contributed by atoms with E-state index >= 15 is 0 Å². The van der Waals surface area contributed by atoms with Crippen LogP contribution in [-0.4, -0.2) is 22.2 Å². The number of thiophene rings is 2. The lowest BCUT2D eigenvalue weighted by Crippen LogP contribution is -2.35. The van der Waals surface area contributed by atoms with Gasteiger partial charge in [0.2, 0.25) is 0 Å². The molecule has 0 aliphatic heterocycles. The number of carbonyl (C=O) groups is 1. The molecule has 3 heterocycles. The molecular weight excluding hydrogens is 396 g/mol. The molecule has 0 fully saturated rings. The first-order valence-corrected chi connectivity index (χ1v) is 9.87. The maximum absolute atomic E-state index is 12.8. The molecule has 0 saturated heterocycles. The number of benzene rings is 1. The van der Waals surface area contributed by atoms with Gasteiger partial charge in [-0.2, -0.15) is 5.26 Å². The van der Waals surface area contributed by atoms with Crippen molar-refractivity contribution in [3.05, 3.63) is 69.4 Å². The largest absolute Gasteiger partial charge is 0.484 e. The molecule has 4 rings (SSSR count). The molecule has 0 spiro atoms.